The number of benzene rings is 2. The molecule has 5 heteroatoms. The zero-order valence-corrected chi connectivity index (χ0v) is 17.1. The summed E-state index contributed by atoms with van der Waals surface area (Å²) < 4.78 is 6.67. The molecule has 0 heterocycles. The number of carbonyl (C=O) groups excluding carboxylic acids is 1. The Morgan fingerprint density at radius 1 is 0.857 bits per heavy atom. The van der Waals surface area contributed by atoms with Crippen molar-refractivity contribution in [3.05, 3.63) is 47.5 Å². The number of ether oxygens (including phenoxy) is 1. The van der Waals surface area contributed by atoms with Gasteiger partial charge in [-0.3, -0.25) is 8.97 Å². The van der Waals surface area contributed by atoms with Gasteiger partial charge in [0.15, 0.2) is 0 Å². The van der Waals surface area contributed by atoms with Gasteiger partial charge in [0.2, 0.25) is 0 Å². The molecule has 0 unspecified atom stereocenters. The summed E-state index contributed by atoms with van der Waals surface area (Å²) in [5, 5.41) is 0. The van der Waals surface area contributed by atoms with E-state index < -0.39 is 5.43 Å². The van der Waals surface area contributed by atoms with Crippen LogP contribution in [-0.4, -0.2) is 54.3 Å². The Morgan fingerprint density at radius 2 is 1.25 bits per heavy atom. The minimum atomic E-state index is -0.759. The topological polar surface area (TPSA) is 26.3 Å². The highest BCUT2D eigenvalue weighted by Crippen LogP contribution is 2.47. The van der Waals surface area contributed by atoms with Crippen molar-refractivity contribution in [3.63, 3.8) is 0 Å². The quantitative estimate of drug-likeness (QED) is 0.471. The van der Waals surface area contributed by atoms with Crippen molar-refractivity contribution >= 4 is 28.4 Å². The van der Waals surface area contributed by atoms with Crippen molar-refractivity contribution in [2.75, 3.05) is 48.9 Å². The molecule has 1 aliphatic carbocycles. The van der Waals surface area contributed by atoms with E-state index in [0.29, 0.717) is 0 Å². The summed E-state index contributed by atoms with van der Waals surface area (Å²) in [6, 6.07) is 13.2. The Labute approximate surface area is 175 Å². The molecule has 2 aromatic carbocycles. The molecular formula is C23H35ClN2O2+2. The summed E-state index contributed by atoms with van der Waals surface area (Å²) >= 11 is 5.45. The van der Waals surface area contributed by atoms with Gasteiger partial charge in [0.1, 0.15) is 18.0 Å². The lowest BCUT2D eigenvalue weighted by Gasteiger charge is -2.25. The van der Waals surface area contributed by atoms with Crippen LogP contribution in [0.1, 0.15) is 31.9 Å². The number of hydrogen-bond donors (Lipinski definition) is 0. The van der Waals surface area contributed by atoms with E-state index in [4.69, 9.17) is 16.3 Å². The van der Waals surface area contributed by atoms with E-state index in [-0.39, 0.29) is 27.4 Å². The SMILES string of the molecule is C.C.C[N+](C)(C)c1ccc2c(c1)C(COC(=O)Cl)c1cc([N+](C)(C)C)ccc1-2. The zero-order chi connectivity index (χ0) is 19.3. The van der Waals surface area contributed by atoms with Gasteiger partial charge in [-0.15, -0.1) is 0 Å². The molecule has 0 bridgehead atoms. The monoisotopic (exact) mass is 406 g/mol. The van der Waals surface area contributed by atoms with Crippen molar-refractivity contribution < 1.29 is 9.53 Å². The third-order valence-corrected chi connectivity index (χ3v) is 5.13. The first-order chi connectivity index (χ1) is 12.0. The van der Waals surface area contributed by atoms with E-state index in [1.54, 1.807) is 0 Å². The summed E-state index contributed by atoms with van der Waals surface area (Å²) in [5.41, 5.74) is 6.48. The molecule has 0 atom stereocenters. The number of rotatable bonds is 4. The molecule has 0 aliphatic heterocycles. The average molecular weight is 407 g/mol. The molecule has 0 saturated carbocycles. The number of nitrogens with zero attached hydrogens (tertiary/aromatic N) is 2. The van der Waals surface area contributed by atoms with Gasteiger partial charge in [0.05, 0.1) is 42.3 Å². The third-order valence-electron chi connectivity index (χ3n) is 5.02. The lowest BCUT2D eigenvalue weighted by Crippen LogP contribution is -2.34. The summed E-state index contributed by atoms with van der Waals surface area (Å²) in [4.78, 5) is 11.2. The van der Waals surface area contributed by atoms with Gasteiger partial charge >= 0.3 is 5.43 Å². The zero-order valence-electron chi connectivity index (χ0n) is 16.3. The molecule has 3 rings (SSSR count). The van der Waals surface area contributed by atoms with Crippen LogP contribution in [0.25, 0.3) is 11.1 Å². The van der Waals surface area contributed by atoms with Gasteiger partial charge < -0.3 is 4.74 Å². The number of halogens is 1. The van der Waals surface area contributed by atoms with Crippen molar-refractivity contribution in [1.29, 1.82) is 0 Å². The Morgan fingerprint density at radius 3 is 1.57 bits per heavy atom. The first kappa shape index (κ1) is 24.2. The minimum Gasteiger partial charge on any atom is -0.453 e. The largest absolute Gasteiger partial charge is 0.453 e. The van der Waals surface area contributed by atoms with Crippen LogP contribution in [-0.2, 0) is 4.74 Å². The van der Waals surface area contributed by atoms with Crippen LogP contribution in [0.2, 0.25) is 0 Å². The van der Waals surface area contributed by atoms with Gasteiger partial charge in [-0.25, -0.2) is 4.79 Å². The molecular weight excluding hydrogens is 372 g/mol. The lowest BCUT2D eigenvalue weighted by atomic mass is 9.96. The van der Waals surface area contributed by atoms with Crippen LogP contribution < -0.4 is 8.97 Å². The van der Waals surface area contributed by atoms with Gasteiger partial charge in [0.25, 0.3) is 0 Å². The van der Waals surface area contributed by atoms with Crippen LogP contribution >= 0.6 is 11.6 Å². The number of hydrogen-bond acceptors (Lipinski definition) is 2. The highest BCUT2D eigenvalue weighted by molar-refractivity contribution is 6.61. The fraction of sp³-hybridized carbons (Fsp3) is 0.435. The molecule has 0 spiro atoms. The molecule has 4 nitrogen and oxygen atoms in total. The molecule has 0 aromatic heterocycles. The normalized spacial score (nSPS) is 13.1. The Bertz CT molecular complexity index is 800. The summed E-state index contributed by atoms with van der Waals surface area (Å²) in [7, 11) is 12.9. The maximum atomic E-state index is 11.2. The van der Waals surface area contributed by atoms with Gasteiger partial charge in [0, 0.05) is 29.7 Å². The van der Waals surface area contributed by atoms with E-state index in [1.807, 2.05) is 0 Å². The second-order valence-corrected chi connectivity index (χ2v) is 8.98. The van der Waals surface area contributed by atoms with Crippen LogP contribution in [0.3, 0.4) is 0 Å². The standard InChI is InChI=1S/C21H27ClN2O2.2CH4/c1-23(2,3)14-7-9-16-17-10-8-15(24(4,5)6)12-19(17)20(18(16)11-14)13-26-21(22)25;;/h7-12,20H,13H2,1-6H3;2*1H4/q+2;;. The van der Waals surface area contributed by atoms with Crippen LogP contribution in [0.4, 0.5) is 16.2 Å². The van der Waals surface area contributed by atoms with E-state index in [0.717, 1.165) is 8.97 Å². The van der Waals surface area contributed by atoms with Crippen molar-refractivity contribution in [3.8, 4) is 11.1 Å². The van der Waals surface area contributed by atoms with Crippen LogP contribution in [0.15, 0.2) is 36.4 Å². The second-order valence-electron chi connectivity index (χ2n) is 8.67. The average Bonchev–Trinajstić information content (AvgIpc) is 2.83. The van der Waals surface area contributed by atoms with Crippen LogP contribution in [0.5, 0.6) is 0 Å². The summed E-state index contributed by atoms with van der Waals surface area (Å²) in [6.45, 7) is 0.253. The van der Waals surface area contributed by atoms with E-state index in [2.05, 4.69) is 78.7 Å². The minimum absolute atomic E-state index is 0. The Hall–Kier alpha value is -1.88. The predicted octanol–water partition coefficient (Wildman–Crippen LogP) is 5.84. The first-order valence-corrected chi connectivity index (χ1v) is 9.11. The van der Waals surface area contributed by atoms with Crippen molar-refractivity contribution in [1.82, 2.24) is 8.97 Å². The summed E-state index contributed by atoms with van der Waals surface area (Å²) in [6.07, 6.45) is 0. The highest BCUT2D eigenvalue weighted by Gasteiger charge is 2.33. The van der Waals surface area contributed by atoms with Gasteiger partial charge in [-0.05, 0) is 46.5 Å². The molecule has 154 valence electrons. The number of fused-ring (bicyclic) bond motifs is 3. The Balaban J connectivity index is 0.00000196. The van der Waals surface area contributed by atoms with E-state index in [9.17, 15) is 4.79 Å². The van der Waals surface area contributed by atoms with E-state index >= 15 is 0 Å². The first-order valence-electron chi connectivity index (χ1n) is 8.73. The summed E-state index contributed by atoms with van der Waals surface area (Å²) in [5.74, 6) is 0.000648. The van der Waals surface area contributed by atoms with Crippen molar-refractivity contribution in [2.24, 2.45) is 0 Å². The fourth-order valence-electron chi connectivity index (χ4n) is 3.50. The lowest BCUT2D eigenvalue weighted by molar-refractivity contribution is 0.170. The predicted molar refractivity (Wildman–Crippen MR) is 124 cm³/mol. The maximum absolute atomic E-state index is 11.2. The van der Waals surface area contributed by atoms with Gasteiger partial charge in [-0.2, -0.15) is 0 Å². The molecule has 28 heavy (non-hydrogen) atoms. The van der Waals surface area contributed by atoms with Gasteiger partial charge in [-0.1, -0.05) is 14.9 Å². The molecule has 0 saturated heterocycles. The molecule has 0 fully saturated rings. The Kier molecular flexibility index (Phi) is 7.11. The molecule has 0 amide bonds. The third kappa shape index (κ3) is 4.57. The smallest absolute Gasteiger partial charge is 0.403 e. The van der Waals surface area contributed by atoms with Crippen molar-refractivity contribution in [2.45, 2.75) is 20.8 Å². The van der Waals surface area contributed by atoms with E-state index in [1.165, 1.54) is 33.6 Å². The van der Waals surface area contributed by atoms with Crippen LogP contribution in [0, 0.1) is 0 Å². The molecule has 0 radical (unpaired) electrons. The molecule has 1 aliphatic rings. The number of carbonyl (C=O) groups is 1. The maximum Gasteiger partial charge on any atom is 0.403 e. The number of quaternary nitrogens is 2. The highest BCUT2D eigenvalue weighted by atomic mass is 35.5. The molecule has 0 N–H and O–H groups in total. The fourth-order valence-corrected chi connectivity index (χ4v) is 3.56. The second kappa shape index (κ2) is 8.24. The molecule has 2 aromatic rings.